The molecule has 2 aromatic rings. The minimum absolute atomic E-state index is 0.0887. The minimum atomic E-state index is -0.0887. The summed E-state index contributed by atoms with van der Waals surface area (Å²) in [5.41, 5.74) is 2.17. The predicted molar refractivity (Wildman–Crippen MR) is 68.9 cm³/mol. The number of benzene rings is 1. The number of aromatic nitrogens is 2. The van der Waals surface area contributed by atoms with Crippen LogP contribution in [-0.2, 0) is 6.54 Å². The Kier molecular flexibility index (Phi) is 3.54. The summed E-state index contributed by atoms with van der Waals surface area (Å²) in [7, 11) is 0. The number of rotatable bonds is 3. The fraction of sp³-hybridized carbons (Fsp3) is 0.214. The number of nitriles is 1. The summed E-state index contributed by atoms with van der Waals surface area (Å²) < 4.78 is 1.47. The first kappa shape index (κ1) is 12.1. The lowest BCUT2D eigenvalue weighted by Crippen LogP contribution is -2.21. The highest BCUT2D eigenvalue weighted by Gasteiger charge is 2.02. The van der Waals surface area contributed by atoms with Crippen LogP contribution in [0.2, 0.25) is 0 Å². The van der Waals surface area contributed by atoms with Crippen molar-refractivity contribution < 1.29 is 0 Å². The number of nitrogens with zero attached hydrogens (tertiary/aromatic N) is 3. The van der Waals surface area contributed by atoms with E-state index in [0.29, 0.717) is 12.1 Å². The first-order valence-electron chi connectivity index (χ1n) is 5.83. The summed E-state index contributed by atoms with van der Waals surface area (Å²) in [5, 5.41) is 13.0. The largest absolute Gasteiger partial charge is 0.268 e. The molecule has 18 heavy (non-hydrogen) atoms. The molecule has 0 spiro atoms. The highest BCUT2D eigenvalue weighted by molar-refractivity contribution is 5.59. The Bertz CT molecular complexity index is 635. The van der Waals surface area contributed by atoms with Crippen LogP contribution in [0.15, 0.2) is 41.2 Å². The van der Waals surface area contributed by atoms with Gasteiger partial charge in [0, 0.05) is 18.2 Å². The van der Waals surface area contributed by atoms with Crippen molar-refractivity contribution in [3.63, 3.8) is 0 Å². The summed E-state index contributed by atoms with van der Waals surface area (Å²) in [6.45, 7) is 2.62. The van der Waals surface area contributed by atoms with Crippen LogP contribution in [-0.4, -0.2) is 9.78 Å². The lowest BCUT2D eigenvalue weighted by Gasteiger charge is -2.05. The summed E-state index contributed by atoms with van der Waals surface area (Å²) >= 11 is 0. The fourth-order valence-electron chi connectivity index (χ4n) is 1.69. The Labute approximate surface area is 105 Å². The smallest absolute Gasteiger partial charge is 0.266 e. The van der Waals surface area contributed by atoms with Gasteiger partial charge in [0.2, 0.25) is 0 Å². The van der Waals surface area contributed by atoms with E-state index in [1.54, 1.807) is 18.2 Å². The van der Waals surface area contributed by atoms with Crippen LogP contribution in [0.25, 0.3) is 11.3 Å². The van der Waals surface area contributed by atoms with Gasteiger partial charge in [-0.15, -0.1) is 0 Å². The second-order valence-corrected chi connectivity index (χ2v) is 3.97. The van der Waals surface area contributed by atoms with Crippen molar-refractivity contribution in [2.24, 2.45) is 0 Å². The number of aryl methyl sites for hydroxylation is 1. The van der Waals surface area contributed by atoms with Crippen molar-refractivity contribution in [1.82, 2.24) is 9.78 Å². The van der Waals surface area contributed by atoms with E-state index in [1.807, 2.05) is 19.1 Å². The Morgan fingerprint density at radius 2 is 1.94 bits per heavy atom. The SMILES string of the molecule is CCCn1nc(-c2ccc(C#N)cc2)ccc1=O. The molecular weight excluding hydrogens is 226 g/mol. The predicted octanol–water partition coefficient (Wildman–Crippen LogP) is 2.19. The molecule has 0 aliphatic heterocycles. The van der Waals surface area contributed by atoms with Gasteiger partial charge in [-0.2, -0.15) is 10.4 Å². The summed E-state index contributed by atoms with van der Waals surface area (Å²) in [6, 6.07) is 12.5. The van der Waals surface area contributed by atoms with Crippen LogP contribution in [0.5, 0.6) is 0 Å². The highest BCUT2D eigenvalue weighted by atomic mass is 16.1. The van der Waals surface area contributed by atoms with Gasteiger partial charge in [-0.25, -0.2) is 4.68 Å². The zero-order chi connectivity index (χ0) is 13.0. The molecule has 0 saturated heterocycles. The maximum atomic E-state index is 11.6. The van der Waals surface area contributed by atoms with Gasteiger partial charge in [-0.05, 0) is 24.6 Å². The van der Waals surface area contributed by atoms with Gasteiger partial charge in [0.25, 0.3) is 5.56 Å². The summed E-state index contributed by atoms with van der Waals surface area (Å²) in [4.78, 5) is 11.6. The quantitative estimate of drug-likeness (QED) is 0.824. The summed E-state index contributed by atoms with van der Waals surface area (Å²) in [5.74, 6) is 0. The molecule has 0 radical (unpaired) electrons. The average molecular weight is 239 g/mol. The third kappa shape index (κ3) is 2.46. The molecule has 1 heterocycles. The van der Waals surface area contributed by atoms with E-state index in [0.717, 1.165) is 17.7 Å². The molecule has 0 unspecified atom stereocenters. The van der Waals surface area contributed by atoms with E-state index in [1.165, 1.54) is 10.7 Å². The van der Waals surface area contributed by atoms with Gasteiger partial charge in [-0.3, -0.25) is 4.79 Å². The van der Waals surface area contributed by atoms with E-state index >= 15 is 0 Å². The zero-order valence-corrected chi connectivity index (χ0v) is 10.1. The second-order valence-electron chi connectivity index (χ2n) is 3.97. The van der Waals surface area contributed by atoms with Crippen molar-refractivity contribution in [2.75, 3.05) is 0 Å². The minimum Gasteiger partial charge on any atom is -0.268 e. The maximum absolute atomic E-state index is 11.6. The molecule has 0 amide bonds. The molecule has 0 aliphatic rings. The number of hydrogen-bond acceptors (Lipinski definition) is 3. The van der Waals surface area contributed by atoms with Gasteiger partial charge >= 0.3 is 0 Å². The van der Waals surface area contributed by atoms with Crippen molar-refractivity contribution in [3.05, 3.63) is 52.3 Å². The molecule has 4 nitrogen and oxygen atoms in total. The zero-order valence-electron chi connectivity index (χ0n) is 10.1. The van der Waals surface area contributed by atoms with Crippen molar-refractivity contribution in [2.45, 2.75) is 19.9 Å². The van der Waals surface area contributed by atoms with Crippen LogP contribution in [0, 0.1) is 11.3 Å². The lowest BCUT2D eigenvalue weighted by molar-refractivity contribution is 0.570. The average Bonchev–Trinajstić information content (AvgIpc) is 2.42. The molecule has 1 aromatic carbocycles. The Morgan fingerprint density at radius 1 is 1.22 bits per heavy atom. The van der Waals surface area contributed by atoms with Crippen molar-refractivity contribution >= 4 is 0 Å². The van der Waals surface area contributed by atoms with Gasteiger partial charge in [0.15, 0.2) is 0 Å². The second kappa shape index (κ2) is 5.28. The molecule has 0 atom stereocenters. The molecule has 0 fully saturated rings. The van der Waals surface area contributed by atoms with E-state index in [-0.39, 0.29) is 5.56 Å². The van der Waals surface area contributed by atoms with Crippen LogP contribution in [0.1, 0.15) is 18.9 Å². The van der Waals surface area contributed by atoms with Gasteiger partial charge < -0.3 is 0 Å². The van der Waals surface area contributed by atoms with E-state index in [9.17, 15) is 4.79 Å². The van der Waals surface area contributed by atoms with Gasteiger partial charge in [0.05, 0.1) is 17.3 Å². The lowest BCUT2D eigenvalue weighted by atomic mass is 10.1. The van der Waals surface area contributed by atoms with E-state index < -0.39 is 0 Å². The normalized spacial score (nSPS) is 10.0. The van der Waals surface area contributed by atoms with Crippen LogP contribution in [0.3, 0.4) is 0 Å². The Hall–Kier alpha value is -2.41. The molecule has 0 N–H and O–H groups in total. The monoisotopic (exact) mass is 239 g/mol. The van der Waals surface area contributed by atoms with Crippen LogP contribution >= 0.6 is 0 Å². The highest BCUT2D eigenvalue weighted by Crippen LogP contribution is 2.15. The van der Waals surface area contributed by atoms with Gasteiger partial charge in [-0.1, -0.05) is 19.1 Å². The first-order chi connectivity index (χ1) is 8.74. The van der Waals surface area contributed by atoms with E-state index in [2.05, 4.69) is 11.2 Å². The molecule has 4 heteroatoms. The molecular formula is C14H13N3O. The summed E-state index contributed by atoms with van der Waals surface area (Å²) in [6.07, 6.45) is 0.865. The topological polar surface area (TPSA) is 58.7 Å². The van der Waals surface area contributed by atoms with Gasteiger partial charge in [0.1, 0.15) is 0 Å². The molecule has 90 valence electrons. The van der Waals surface area contributed by atoms with E-state index in [4.69, 9.17) is 5.26 Å². The third-order valence-corrected chi connectivity index (χ3v) is 2.61. The molecule has 0 aliphatic carbocycles. The van der Waals surface area contributed by atoms with Crippen LogP contribution in [0.4, 0.5) is 0 Å². The molecule has 0 bridgehead atoms. The molecule has 0 saturated carbocycles. The Morgan fingerprint density at radius 3 is 2.56 bits per heavy atom. The first-order valence-corrected chi connectivity index (χ1v) is 5.83. The number of hydrogen-bond donors (Lipinski definition) is 0. The Balaban J connectivity index is 2.41. The maximum Gasteiger partial charge on any atom is 0.266 e. The molecule has 1 aromatic heterocycles. The van der Waals surface area contributed by atoms with Crippen molar-refractivity contribution in [1.29, 1.82) is 5.26 Å². The fourth-order valence-corrected chi connectivity index (χ4v) is 1.69. The van der Waals surface area contributed by atoms with Crippen molar-refractivity contribution in [3.8, 4) is 17.3 Å². The molecule has 2 rings (SSSR count). The standard InChI is InChI=1S/C14H13N3O/c1-2-9-17-14(18)8-7-13(16-17)12-5-3-11(10-15)4-6-12/h3-8H,2,9H2,1H3. The van der Waals surface area contributed by atoms with Crippen LogP contribution < -0.4 is 5.56 Å². The third-order valence-electron chi connectivity index (χ3n) is 2.61.